The molecule has 1 unspecified atom stereocenters. The summed E-state index contributed by atoms with van der Waals surface area (Å²) < 4.78 is 1.82. The minimum atomic E-state index is -0.897. The van der Waals surface area contributed by atoms with Crippen LogP contribution in [0.2, 0.25) is 0 Å². The second-order valence-electron chi connectivity index (χ2n) is 8.80. The summed E-state index contributed by atoms with van der Waals surface area (Å²) in [5, 5.41) is 22.6. The standard InChI is InChI=1S/C26H29N5O5/c1-5-28(6-2)14-15-30-22(18-9-11-19(12-10-18)31(35)36)20(24(33)26(30)34)23(32)21-17(4)29-13-7-8-16(3)25(29)27-21/h7-13,22,32H,5-6,14-15H2,1-4H3/b23-20+. The van der Waals surface area contributed by atoms with Crippen LogP contribution in [0.5, 0.6) is 0 Å². The molecule has 36 heavy (non-hydrogen) atoms. The highest BCUT2D eigenvalue weighted by Gasteiger charge is 2.46. The number of nitro benzene ring substituents is 1. The summed E-state index contributed by atoms with van der Waals surface area (Å²) in [7, 11) is 0. The maximum absolute atomic E-state index is 13.3. The van der Waals surface area contributed by atoms with Crippen molar-refractivity contribution in [2.75, 3.05) is 26.2 Å². The molecule has 0 saturated carbocycles. The van der Waals surface area contributed by atoms with Crippen LogP contribution >= 0.6 is 0 Å². The molecule has 1 atom stereocenters. The van der Waals surface area contributed by atoms with Crippen molar-refractivity contribution in [1.29, 1.82) is 0 Å². The van der Waals surface area contributed by atoms with Gasteiger partial charge in [-0.3, -0.25) is 19.7 Å². The van der Waals surface area contributed by atoms with Crippen molar-refractivity contribution >= 4 is 28.8 Å². The molecule has 1 aromatic carbocycles. The van der Waals surface area contributed by atoms with Crippen LogP contribution in [-0.4, -0.2) is 67.1 Å². The third kappa shape index (κ3) is 4.24. The van der Waals surface area contributed by atoms with E-state index in [9.17, 15) is 24.8 Å². The van der Waals surface area contributed by atoms with Gasteiger partial charge in [0.15, 0.2) is 5.76 Å². The van der Waals surface area contributed by atoms with Crippen LogP contribution < -0.4 is 0 Å². The Labute approximate surface area is 208 Å². The third-order valence-electron chi connectivity index (χ3n) is 6.82. The van der Waals surface area contributed by atoms with Crippen LogP contribution in [0.25, 0.3) is 11.4 Å². The summed E-state index contributed by atoms with van der Waals surface area (Å²) in [5.74, 6) is -1.88. The number of nitrogens with zero attached hydrogens (tertiary/aromatic N) is 5. The number of pyridine rings is 1. The molecule has 2 aromatic heterocycles. The number of fused-ring (bicyclic) bond motifs is 1. The first-order chi connectivity index (χ1) is 17.2. The van der Waals surface area contributed by atoms with E-state index in [1.165, 1.54) is 29.2 Å². The summed E-state index contributed by atoms with van der Waals surface area (Å²) in [6, 6.07) is 8.57. The first kappa shape index (κ1) is 25.1. The maximum atomic E-state index is 13.3. The van der Waals surface area contributed by atoms with Gasteiger partial charge in [-0.05, 0) is 56.3 Å². The number of ketones is 1. The van der Waals surface area contributed by atoms with E-state index in [4.69, 9.17) is 0 Å². The fourth-order valence-corrected chi connectivity index (χ4v) is 4.70. The Morgan fingerprint density at radius 3 is 2.39 bits per heavy atom. The number of hydrogen-bond donors (Lipinski definition) is 1. The zero-order chi connectivity index (χ0) is 26.1. The second kappa shape index (κ2) is 9.90. The van der Waals surface area contributed by atoms with Gasteiger partial charge >= 0.3 is 0 Å². The topological polar surface area (TPSA) is 121 Å². The number of aliphatic hydroxyl groups excluding tert-OH is 1. The first-order valence-corrected chi connectivity index (χ1v) is 11.9. The molecule has 3 heterocycles. The molecule has 188 valence electrons. The van der Waals surface area contributed by atoms with E-state index in [-0.39, 0.29) is 29.3 Å². The number of nitro groups is 1. The number of carbonyl (C=O) groups is 2. The first-order valence-electron chi connectivity index (χ1n) is 11.9. The Morgan fingerprint density at radius 2 is 1.81 bits per heavy atom. The van der Waals surface area contributed by atoms with Crippen molar-refractivity contribution in [2.45, 2.75) is 33.7 Å². The smallest absolute Gasteiger partial charge is 0.295 e. The fourth-order valence-electron chi connectivity index (χ4n) is 4.70. The molecule has 3 aromatic rings. The molecule has 0 spiro atoms. The van der Waals surface area contributed by atoms with Crippen LogP contribution in [0.4, 0.5) is 5.69 Å². The lowest BCUT2D eigenvalue weighted by Gasteiger charge is -2.28. The molecule has 4 rings (SSSR count). The lowest BCUT2D eigenvalue weighted by molar-refractivity contribution is -0.384. The van der Waals surface area contributed by atoms with Gasteiger partial charge in [0.2, 0.25) is 0 Å². The molecule has 1 saturated heterocycles. The third-order valence-corrected chi connectivity index (χ3v) is 6.82. The molecular weight excluding hydrogens is 462 g/mol. The number of amides is 1. The molecule has 10 heteroatoms. The van der Waals surface area contributed by atoms with Crippen LogP contribution in [0.1, 0.15) is 42.4 Å². The monoisotopic (exact) mass is 491 g/mol. The van der Waals surface area contributed by atoms with E-state index in [0.717, 1.165) is 18.7 Å². The highest BCUT2D eigenvalue weighted by Crippen LogP contribution is 2.40. The number of Topliss-reactive ketones (excluding diaryl/α,β-unsaturated/α-hetero) is 1. The highest BCUT2D eigenvalue weighted by molar-refractivity contribution is 6.46. The van der Waals surface area contributed by atoms with Crippen molar-refractivity contribution in [3.05, 3.63) is 80.8 Å². The van der Waals surface area contributed by atoms with Crippen molar-refractivity contribution in [2.24, 2.45) is 0 Å². The SMILES string of the molecule is CCN(CC)CCN1C(=O)C(=O)/C(=C(/O)c2nc3c(C)cccn3c2C)C1c1ccc([N+](=O)[O-])cc1. The Hall–Kier alpha value is -4.05. The summed E-state index contributed by atoms with van der Waals surface area (Å²) in [6.45, 7) is 10.1. The van der Waals surface area contributed by atoms with Gasteiger partial charge in [-0.15, -0.1) is 0 Å². The van der Waals surface area contributed by atoms with Crippen molar-refractivity contribution in [3.8, 4) is 0 Å². The van der Waals surface area contributed by atoms with Crippen LogP contribution in [0.15, 0.2) is 48.2 Å². The normalized spacial score (nSPS) is 17.5. The van der Waals surface area contributed by atoms with Crippen LogP contribution in [-0.2, 0) is 9.59 Å². The van der Waals surface area contributed by atoms with E-state index < -0.39 is 22.7 Å². The average molecular weight is 492 g/mol. The van der Waals surface area contributed by atoms with Gasteiger partial charge in [0.1, 0.15) is 11.3 Å². The molecule has 1 amide bonds. The van der Waals surface area contributed by atoms with Gasteiger partial charge in [0.05, 0.1) is 22.2 Å². The number of likely N-dealkylation sites (N-methyl/N-ethyl adjacent to an activating group) is 1. The summed E-state index contributed by atoms with van der Waals surface area (Å²) in [5.41, 5.74) is 2.70. The van der Waals surface area contributed by atoms with Crippen molar-refractivity contribution < 1.29 is 19.6 Å². The van der Waals surface area contributed by atoms with Crippen molar-refractivity contribution in [1.82, 2.24) is 19.2 Å². The molecule has 0 bridgehead atoms. The maximum Gasteiger partial charge on any atom is 0.295 e. The minimum Gasteiger partial charge on any atom is -0.505 e. The summed E-state index contributed by atoms with van der Waals surface area (Å²) in [6.07, 6.45) is 1.82. The molecule has 0 radical (unpaired) electrons. The van der Waals surface area contributed by atoms with Gasteiger partial charge in [0, 0.05) is 31.4 Å². The second-order valence-corrected chi connectivity index (χ2v) is 8.80. The molecule has 1 N–H and O–H groups in total. The van der Waals surface area contributed by atoms with Crippen molar-refractivity contribution in [3.63, 3.8) is 0 Å². The zero-order valence-electron chi connectivity index (χ0n) is 20.8. The van der Waals surface area contributed by atoms with Gasteiger partial charge in [-0.2, -0.15) is 0 Å². The Balaban J connectivity index is 1.87. The molecule has 10 nitrogen and oxygen atoms in total. The largest absolute Gasteiger partial charge is 0.505 e. The van der Waals surface area contributed by atoms with E-state index in [1.54, 1.807) is 6.92 Å². The van der Waals surface area contributed by atoms with Gasteiger partial charge in [-0.1, -0.05) is 19.9 Å². The van der Waals surface area contributed by atoms with Crippen LogP contribution in [0, 0.1) is 24.0 Å². The minimum absolute atomic E-state index is 0.0717. The number of imidazole rings is 1. The predicted octanol–water partition coefficient (Wildman–Crippen LogP) is 3.62. The molecular formula is C26H29N5O5. The van der Waals surface area contributed by atoms with E-state index in [0.29, 0.717) is 23.4 Å². The van der Waals surface area contributed by atoms with Gasteiger partial charge < -0.3 is 19.3 Å². The molecule has 1 aliphatic heterocycles. The lowest BCUT2D eigenvalue weighted by atomic mass is 9.96. The predicted molar refractivity (Wildman–Crippen MR) is 135 cm³/mol. The molecule has 1 fully saturated rings. The average Bonchev–Trinajstić information content (AvgIpc) is 3.34. The molecule has 1 aliphatic rings. The van der Waals surface area contributed by atoms with Gasteiger partial charge in [-0.25, -0.2) is 4.98 Å². The Morgan fingerprint density at radius 1 is 1.14 bits per heavy atom. The zero-order valence-corrected chi connectivity index (χ0v) is 20.8. The Bertz CT molecular complexity index is 1370. The van der Waals surface area contributed by atoms with E-state index in [2.05, 4.69) is 9.88 Å². The number of carbonyl (C=O) groups excluding carboxylic acids is 2. The number of aryl methyl sites for hydroxylation is 2. The number of likely N-dealkylation sites (tertiary alicyclic amines) is 1. The molecule has 0 aliphatic carbocycles. The number of non-ortho nitro benzene ring substituents is 1. The number of hydrogen-bond acceptors (Lipinski definition) is 7. The number of aromatic nitrogens is 2. The Kier molecular flexibility index (Phi) is 6.89. The summed E-state index contributed by atoms with van der Waals surface area (Å²) >= 11 is 0. The van der Waals surface area contributed by atoms with Crippen LogP contribution in [0.3, 0.4) is 0 Å². The van der Waals surface area contributed by atoms with E-state index >= 15 is 0 Å². The fraction of sp³-hybridized carbons (Fsp3) is 0.346. The number of benzene rings is 1. The van der Waals surface area contributed by atoms with Gasteiger partial charge in [0.25, 0.3) is 17.4 Å². The number of rotatable bonds is 8. The highest BCUT2D eigenvalue weighted by atomic mass is 16.6. The van der Waals surface area contributed by atoms with E-state index in [1.807, 2.05) is 43.5 Å². The summed E-state index contributed by atoms with van der Waals surface area (Å²) in [4.78, 5) is 45.3. The lowest BCUT2D eigenvalue weighted by Crippen LogP contribution is -2.38. The number of aliphatic hydroxyl groups is 1. The quantitative estimate of drug-likeness (QED) is 0.168.